The maximum atomic E-state index is 11.7. The van der Waals surface area contributed by atoms with E-state index < -0.39 is 0 Å². The highest BCUT2D eigenvalue weighted by Gasteiger charge is 2.23. The Kier molecular flexibility index (Phi) is 3.69. The van der Waals surface area contributed by atoms with Gasteiger partial charge in [-0.15, -0.1) is 0 Å². The lowest BCUT2D eigenvalue weighted by Gasteiger charge is -2.20. The van der Waals surface area contributed by atoms with E-state index in [-0.39, 0.29) is 23.1 Å². The Balaban J connectivity index is 1.96. The Labute approximate surface area is 98.2 Å². The lowest BCUT2D eigenvalue weighted by Crippen LogP contribution is -2.33. The number of carbonyl (C=O) groups is 1. The fourth-order valence-corrected chi connectivity index (χ4v) is 1.76. The molecular formula is C10H12ClN3O2. The quantitative estimate of drug-likeness (QED) is 0.619. The number of hydrogen-bond donors (Lipinski definition) is 1. The fourth-order valence-electron chi connectivity index (χ4n) is 1.62. The van der Waals surface area contributed by atoms with E-state index in [2.05, 4.69) is 15.3 Å². The minimum absolute atomic E-state index is 0.0463. The van der Waals surface area contributed by atoms with Crippen LogP contribution in [0.4, 0.5) is 0 Å². The van der Waals surface area contributed by atoms with Crippen molar-refractivity contribution >= 4 is 17.6 Å². The molecule has 1 aromatic heterocycles. The standard InChI is InChI=1S/C10H12ClN3O2/c11-10-13-6-3-8(14-10)16-9(15)7-1-4-12-5-2-7/h3,6-7,12H,1-2,4-5H2. The van der Waals surface area contributed by atoms with Crippen molar-refractivity contribution < 1.29 is 9.53 Å². The Morgan fingerprint density at radius 2 is 2.25 bits per heavy atom. The largest absolute Gasteiger partial charge is 0.407 e. The van der Waals surface area contributed by atoms with Crippen LogP contribution in [0, 0.1) is 5.92 Å². The second kappa shape index (κ2) is 5.23. The molecule has 6 heteroatoms. The van der Waals surface area contributed by atoms with Gasteiger partial charge < -0.3 is 10.1 Å². The number of ether oxygens (including phenoxy) is 1. The van der Waals surface area contributed by atoms with Crippen molar-refractivity contribution in [2.24, 2.45) is 5.92 Å². The average Bonchev–Trinajstić information content (AvgIpc) is 2.30. The predicted octanol–water partition coefficient (Wildman–Crippen LogP) is 1.03. The maximum absolute atomic E-state index is 11.7. The summed E-state index contributed by atoms with van der Waals surface area (Å²) >= 11 is 5.59. The van der Waals surface area contributed by atoms with Crippen LogP contribution in [-0.2, 0) is 4.79 Å². The first-order valence-corrected chi connectivity index (χ1v) is 5.54. The van der Waals surface area contributed by atoms with Gasteiger partial charge in [0.15, 0.2) is 0 Å². The Morgan fingerprint density at radius 1 is 1.50 bits per heavy atom. The van der Waals surface area contributed by atoms with E-state index in [4.69, 9.17) is 16.3 Å². The Bertz CT molecular complexity index is 380. The molecule has 1 saturated heterocycles. The molecule has 1 aliphatic rings. The van der Waals surface area contributed by atoms with Gasteiger partial charge in [0.2, 0.25) is 11.2 Å². The molecule has 0 amide bonds. The number of carbonyl (C=O) groups excluding carboxylic acids is 1. The van der Waals surface area contributed by atoms with Crippen molar-refractivity contribution in [1.29, 1.82) is 0 Å². The molecule has 0 atom stereocenters. The summed E-state index contributed by atoms with van der Waals surface area (Å²) in [5, 5.41) is 3.27. The Hall–Kier alpha value is -1.20. The van der Waals surface area contributed by atoms with Gasteiger partial charge in [0.05, 0.1) is 5.92 Å². The van der Waals surface area contributed by atoms with Gasteiger partial charge in [-0.1, -0.05) is 0 Å². The van der Waals surface area contributed by atoms with Gasteiger partial charge in [0.25, 0.3) is 0 Å². The molecule has 16 heavy (non-hydrogen) atoms. The summed E-state index contributed by atoms with van der Waals surface area (Å²) in [4.78, 5) is 19.2. The molecule has 5 nitrogen and oxygen atoms in total. The van der Waals surface area contributed by atoms with E-state index in [1.807, 2.05) is 0 Å². The predicted molar refractivity (Wildman–Crippen MR) is 58.3 cm³/mol. The normalized spacial score (nSPS) is 17.1. The molecule has 0 bridgehead atoms. The minimum atomic E-state index is -0.240. The SMILES string of the molecule is O=C(Oc1ccnc(Cl)n1)C1CCNCC1. The minimum Gasteiger partial charge on any atom is -0.407 e. The van der Waals surface area contributed by atoms with Gasteiger partial charge in [-0.05, 0) is 37.5 Å². The summed E-state index contributed by atoms with van der Waals surface area (Å²) in [6.45, 7) is 1.70. The van der Waals surface area contributed by atoms with Gasteiger partial charge in [-0.2, -0.15) is 4.98 Å². The van der Waals surface area contributed by atoms with Crippen LogP contribution in [0.5, 0.6) is 5.88 Å². The third-order valence-electron chi connectivity index (χ3n) is 2.48. The van der Waals surface area contributed by atoms with Crippen molar-refractivity contribution in [2.75, 3.05) is 13.1 Å². The number of hydrogen-bond acceptors (Lipinski definition) is 5. The highest BCUT2D eigenvalue weighted by molar-refractivity contribution is 6.28. The number of esters is 1. The maximum Gasteiger partial charge on any atom is 0.315 e. The van der Waals surface area contributed by atoms with E-state index in [1.165, 1.54) is 12.3 Å². The summed E-state index contributed by atoms with van der Waals surface area (Å²) in [6, 6.07) is 1.52. The van der Waals surface area contributed by atoms with E-state index in [0.717, 1.165) is 25.9 Å². The first kappa shape index (κ1) is 11.3. The van der Waals surface area contributed by atoms with Crippen LogP contribution < -0.4 is 10.1 Å². The number of aromatic nitrogens is 2. The van der Waals surface area contributed by atoms with E-state index in [1.54, 1.807) is 0 Å². The van der Waals surface area contributed by atoms with Crippen LogP contribution in [0.2, 0.25) is 5.28 Å². The lowest BCUT2D eigenvalue weighted by molar-refractivity contribution is -0.140. The zero-order valence-corrected chi connectivity index (χ0v) is 9.41. The summed E-state index contributed by atoms with van der Waals surface area (Å²) in [5.74, 6) is -0.0743. The van der Waals surface area contributed by atoms with Crippen molar-refractivity contribution in [2.45, 2.75) is 12.8 Å². The van der Waals surface area contributed by atoms with Crippen LogP contribution in [-0.4, -0.2) is 29.0 Å². The second-order valence-corrected chi connectivity index (χ2v) is 3.95. The molecule has 86 valence electrons. The number of rotatable bonds is 2. The summed E-state index contributed by atoms with van der Waals surface area (Å²) in [5.41, 5.74) is 0. The average molecular weight is 242 g/mol. The topological polar surface area (TPSA) is 64.1 Å². The van der Waals surface area contributed by atoms with Gasteiger partial charge in [0, 0.05) is 12.3 Å². The molecule has 1 N–H and O–H groups in total. The van der Waals surface area contributed by atoms with Crippen LogP contribution >= 0.6 is 11.6 Å². The van der Waals surface area contributed by atoms with Crippen LogP contribution in [0.25, 0.3) is 0 Å². The third-order valence-corrected chi connectivity index (χ3v) is 2.66. The number of nitrogens with one attached hydrogen (secondary N) is 1. The molecule has 1 aromatic rings. The summed E-state index contributed by atoms with van der Waals surface area (Å²) < 4.78 is 5.13. The van der Waals surface area contributed by atoms with Crippen molar-refractivity contribution in [1.82, 2.24) is 15.3 Å². The van der Waals surface area contributed by atoms with Crippen molar-refractivity contribution in [3.63, 3.8) is 0 Å². The smallest absolute Gasteiger partial charge is 0.315 e. The van der Waals surface area contributed by atoms with Gasteiger partial charge in [-0.3, -0.25) is 4.79 Å². The number of piperidine rings is 1. The first-order valence-electron chi connectivity index (χ1n) is 5.16. The molecule has 1 aliphatic heterocycles. The van der Waals surface area contributed by atoms with Crippen LogP contribution in [0.1, 0.15) is 12.8 Å². The molecule has 0 radical (unpaired) electrons. The molecule has 0 saturated carbocycles. The highest BCUT2D eigenvalue weighted by Crippen LogP contribution is 2.16. The van der Waals surface area contributed by atoms with Crippen molar-refractivity contribution in [3.05, 3.63) is 17.5 Å². The fraction of sp³-hybridized carbons (Fsp3) is 0.500. The molecular weight excluding hydrogens is 230 g/mol. The third kappa shape index (κ3) is 2.90. The number of halogens is 1. The van der Waals surface area contributed by atoms with Crippen LogP contribution in [0.3, 0.4) is 0 Å². The lowest BCUT2D eigenvalue weighted by atomic mass is 9.99. The van der Waals surface area contributed by atoms with E-state index in [9.17, 15) is 4.79 Å². The van der Waals surface area contributed by atoms with Crippen molar-refractivity contribution in [3.8, 4) is 5.88 Å². The first-order chi connectivity index (χ1) is 7.75. The monoisotopic (exact) mass is 241 g/mol. The van der Waals surface area contributed by atoms with Gasteiger partial charge in [-0.25, -0.2) is 4.98 Å². The molecule has 0 unspecified atom stereocenters. The molecule has 2 rings (SSSR count). The molecule has 0 aliphatic carbocycles. The Morgan fingerprint density at radius 3 is 2.94 bits per heavy atom. The van der Waals surface area contributed by atoms with Gasteiger partial charge in [0.1, 0.15) is 0 Å². The highest BCUT2D eigenvalue weighted by atomic mass is 35.5. The molecule has 0 aromatic carbocycles. The summed E-state index contributed by atoms with van der Waals surface area (Å²) in [6.07, 6.45) is 3.07. The van der Waals surface area contributed by atoms with Crippen LogP contribution in [0.15, 0.2) is 12.3 Å². The summed E-state index contributed by atoms with van der Waals surface area (Å²) in [7, 11) is 0. The van der Waals surface area contributed by atoms with E-state index in [0.29, 0.717) is 0 Å². The van der Waals surface area contributed by atoms with Gasteiger partial charge >= 0.3 is 5.97 Å². The molecule has 1 fully saturated rings. The number of nitrogens with zero attached hydrogens (tertiary/aromatic N) is 2. The van der Waals surface area contributed by atoms with E-state index >= 15 is 0 Å². The second-order valence-electron chi connectivity index (χ2n) is 3.61. The zero-order valence-electron chi connectivity index (χ0n) is 8.65. The molecule has 2 heterocycles. The molecule has 0 spiro atoms. The zero-order chi connectivity index (χ0) is 11.4.